The van der Waals surface area contributed by atoms with Crippen LogP contribution >= 0.6 is 0 Å². The number of nitrogens with one attached hydrogen (secondary N) is 2. The summed E-state index contributed by atoms with van der Waals surface area (Å²) in [6.07, 6.45) is 2.45. The summed E-state index contributed by atoms with van der Waals surface area (Å²) in [6.45, 7) is 4.83. The summed E-state index contributed by atoms with van der Waals surface area (Å²) in [6, 6.07) is 10.6. The largest absolute Gasteiger partial charge is 0.351 e. The molecule has 6 heteroatoms. The van der Waals surface area contributed by atoms with Crippen LogP contribution in [0.4, 0.5) is 11.6 Å². The topological polar surface area (TPSA) is 90.7 Å². The van der Waals surface area contributed by atoms with Crippen LogP contribution in [-0.4, -0.2) is 22.4 Å². The zero-order valence-electron chi connectivity index (χ0n) is 13.2. The number of amides is 1. The SMILES string of the molecule is CC(C)CCNC(=O)c1ccnc(Nc2cccc(C#N)c2)n1. The van der Waals surface area contributed by atoms with Gasteiger partial charge in [-0.3, -0.25) is 4.79 Å². The molecule has 6 nitrogen and oxygen atoms in total. The van der Waals surface area contributed by atoms with Crippen molar-refractivity contribution in [1.82, 2.24) is 15.3 Å². The minimum Gasteiger partial charge on any atom is -0.351 e. The number of hydrogen-bond donors (Lipinski definition) is 2. The van der Waals surface area contributed by atoms with E-state index in [9.17, 15) is 4.79 Å². The lowest BCUT2D eigenvalue weighted by Gasteiger charge is -2.08. The molecule has 0 aliphatic heterocycles. The predicted octanol–water partition coefficient (Wildman–Crippen LogP) is 2.87. The maximum absolute atomic E-state index is 12.1. The molecular weight excluding hydrogens is 290 g/mol. The summed E-state index contributed by atoms with van der Waals surface area (Å²) in [5.41, 5.74) is 1.54. The van der Waals surface area contributed by atoms with Crippen LogP contribution in [-0.2, 0) is 0 Å². The molecule has 0 unspecified atom stereocenters. The molecule has 118 valence electrons. The van der Waals surface area contributed by atoms with E-state index in [0.29, 0.717) is 35.4 Å². The zero-order chi connectivity index (χ0) is 16.7. The van der Waals surface area contributed by atoms with Gasteiger partial charge in [0.2, 0.25) is 5.95 Å². The van der Waals surface area contributed by atoms with Gasteiger partial charge in [0.25, 0.3) is 5.91 Å². The second kappa shape index (κ2) is 7.90. The molecule has 2 rings (SSSR count). The fraction of sp³-hybridized carbons (Fsp3) is 0.294. The van der Waals surface area contributed by atoms with Crippen LogP contribution < -0.4 is 10.6 Å². The Morgan fingerprint density at radius 3 is 2.91 bits per heavy atom. The number of nitriles is 1. The molecule has 0 bridgehead atoms. The lowest BCUT2D eigenvalue weighted by molar-refractivity contribution is 0.0947. The van der Waals surface area contributed by atoms with Crippen molar-refractivity contribution in [1.29, 1.82) is 5.26 Å². The fourth-order valence-electron chi connectivity index (χ4n) is 1.91. The summed E-state index contributed by atoms with van der Waals surface area (Å²) >= 11 is 0. The third kappa shape index (κ3) is 5.08. The number of carbonyl (C=O) groups is 1. The Morgan fingerprint density at radius 2 is 2.17 bits per heavy atom. The van der Waals surface area contributed by atoms with Crippen molar-refractivity contribution in [3.8, 4) is 6.07 Å². The van der Waals surface area contributed by atoms with Gasteiger partial charge in [0.05, 0.1) is 11.6 Å². The number of benzene rings is 1. The lowest BCUT2D eigenvalue weighted by Crippen LogP contribution is -2.26. The van der Waals surface area contributed by atoms with Gasteiger partial charge in [0.1, 0.15) is 5.69 Å². The molecule has 1 aromatic carbocycles. The second-order valence-corrected chi connectivity index (χ2v) is 5.52. The van der Waals surface area contributed by atoms with Crippen LogP contribution in [0.15, 0.2) is 36.5 Å². The first kappa shape index (κ1) is 16.4. The summed E-state index contributed by atoms with van der Waals surface area (Å²) in [7, 11) is 0. The molecule has 0 aliphatic carbocycles. The third-order valence-electron chi connectivity index (χ3n) is 3.14. The monoisotopic (exact) mass is 309 g/mol. The average molecular weight is 309 g/mol. The van der Waals surface area contributed by atoms with Crippen molar-refractivity contribution >= 4 is 17.5 Å². The Morgan fingerprint density at radius 1 is 1.35 bits per heavy atom. The first-order chi connectivity index (χ1) is 11.1. The van der Waals surface area contributed by atoms with Gasteiger partial charge >= 0.3 is 0 Å². The van der Waals surface area contributed by atoms with E-state index in [1.165, 1.54) is 6.20 Å². The second-order valence-electron chi connectivity index (χ2n) is 5.52. The quantitative estimate of drug-likeness (QED) is 0.856. The van der Waals surface area contributed by atoms with Gasteiger partial charge in [-0.25, -0.2) is 9.97 Å². The van der Waals surface area contributed by atoms with Crippen LogP contribution in [0.1, 0.15) is 36.3 Å². The lowest BCUT2D eigenvalue weighted by atomic mass is 10.1. The third-order valence-corrected chi connectivity index (χ3v) is 3.14. The van der Waals surface area contributed by atoms with Gasteiger partial charge in [-0.15, -0.1) is 0 Å². The molecular formula is C17H19N5O. The van der Waals surface area contributed by atoms with Crippen LogP contribution in [0.2, 0.25) is 0 Å². The van der Waals surface area contributed by atoms with E-state index >= 15 is 0 Å². The Balaban J connectivity index is 2.04. The van der Waals surface area contributed by atoms with E-state index in [2.05, 4.69) is 40.5 Å². The van der Waals surface area contributed by atoms with E-state index in [1.54, 1.807) is 30.3 Å². The number of anilines is 2. The highest BCUT2D eigenvalue weighted by Crippen LogP contribution is 2.14. The normalized spacial score (nSPS) is 10.2. The van der Waals surface area contributed by atoms with E-state index < -0.39 is 0 Å². The van der Waals surface area contributed by atoms with Crippen molar-refractivity contribution in [2.24, 2.45) is 5.92 Å². The summed E-state index contributed by atoms with van der Waals surface area (Å²) in [4.78, 5) is 20.4. The number of carbonyl (C=O) groups excluding carboxylic acids is 1. The van der Waals surface area contributed by atoms with Gasteiger partial charge in [-0.2, -0.15) is 5.26 Å². The van der Waals surface area contributed by atoms with Gasteiger partial charge < -0.3 is 10.6 Å². The summed E-state index contributed by atoms with van der Waals surface area (Å²) in [5, 5.41) is 14.7. The van der Waals surface area contributed by atoms with Crippen molar-refractivity contribution in [3.63, 3.8) is 0 Å². The van der Waals surface area contributed by atoms with Crippen molar-refractivity contribution < 1.29 is 4.79 Å². The van der Waals surface area contributed by atoms with Gasteiger partial charge in [-0.1, -0.05) is 19.9 Å². The number of rotatable bonds is 6. The van der Waals surface area contributed by atoms with Gasteiger partial charge in [0, 0.05) is 18.4 Å². The van der Waals surface area contributed by atoms with Gasteiger partial charge in [-0.05, 0) is 36.6 Å². The zero-order valence-corrected chi connectivity index (χ0v) is 13.2. The standard InChI is InChI=1S/C17H19N5O/c1-12(2)6-8-19-16(23)15-7-9-20-17(22-15)21-14-5-3-4-13(10-14)11-18/h3-5,7,9-10,12H,6,8H2,1-2H3,(H,19,23)(H,20,21,22). The highest BCUT2D eigenvalue weighted by atomic mass is 16.1. The highest BCUT2D eigenvalue weighted by Gasteiger charge is 2.09. The Bertz CT molecular complexity index is 721. The maximum atomic E-state index is 12.1. The molecule has 0 aliphatic rings. The number of aromatic nitrogens is 2. The number of nitrogens with zero attached hydrogens (tertiary/aromatic N) is 3. The van der Waals surface area contributed by atoms with Crippen LogP contribution in [0.3, 0.4) is 0 Å². The molecule has 0 atom stereocenters. The smallest absolute Gasteiger partial charge is 0.270 e. The minimum atomic E-state index is -0.220. The molecule has 0 saturated heterocycles. The Labute approximate surface area is 135 Å². The molecule has 1 heterocycles. The van der Waals surface area contributed by atoms with Crippen molar-refractivity contribution in [3.05, 3.63) is 47.8 Å². The Hall–Kier alpha value is -2.94. The molecule has 0 spiro atoms. The van der Waals surface area contributed by atoms with Crippen LogP contribution in [0.25, 0.3) is 0 Å². The van der Waals surface area contributed by atoms with E-state index in [4.69, 9.17) is 5.26 Å². The molecule has 2 N–H and O–H groups in total. The van der Waals surface area contributed by atoms with Crippen molar-refractivity contribution in [2.75, 3.05) is 11.9 Å². The molecule has 1 amide bonds. The highest BCUT2D eigenvalue weighted by molar-refractivity contribution is 5.92. The summed E-state index contributed by atoms with van der Waals surface area (Å²) in [5.74, 6) is 0.629. The van der Waals surface area contributed by atoms with E-state index in [0.717, 1.165) is 6.42 Å². The van der Waals surface area contributed by atoms with E-state index in [-0.39, 0.29) is 5.91 Å². The molecule has 0 radical (unpaired) electrons. The predicted molar refractivity (Wildman–Crippen MR) is 88.3 cm³/mol. The maximum Gasteiger partial charge on any atom is 0.270 e. The molecule has 1 aromatic heterocycles. The molecule has 0 fully saturated rings. The van der Waals surface area contributed by atoms with Gasteiger partial charge in [0.15, 0.2) is 0 Å². The molecule has 23 heavy (non-hydrogen) atoms. The first-order valence-electron chi connectivity index (χ1n) is 7.47. The molecule has 2 aromatic rings. The minimum absolute atomic E-state index is 0.220. The summed E-state index contributed by atoms with van der Waals surface area (Å²) < 4.78 is 0. The van der Waals surface area contributed by atoms with Crippen molar-refractivity contribution in [2.45, 2.75) is 20.3 Å². The Kier molecular flexibility index (Phi) is 5.64. The first-order valence-corrected chi connectivity index (χ1v) is 7.47. The van der Waals surface area contributed by atoms with E-state index in [1.807, 2.05) is 0 Å². The van der Waals surface area contributed by atoms with Crippen LogP contribution in [0.5, 0.6) is 0 Å². The molecule has 0 saturated carbocycles. The van der Waals surface area contributed by atoms with Crippen LogP contribution in [0, 0.1) is 17.2 Å². The fourth-order valence-corrected chi connectivity index (χ4v) is 1.91. The average Bonchev–Trinajstić information content (AvgIpc) is 2.55. The number of hydrogen-bond acceptors (Lipinski definition) is 5.